The van der Waals surface area contributed by atoms with Crippen LogP contribution < -0.4 is 5.32 Å². The molecule has 0 spiro atoms. The van der Waals surface area contributed by atoms with E-state index in [0.29, 0.717) is 0 Å². The lowest BCUT2D eigenvalue weighted by atomic mass is 10.0. The third kappa shape index (κ3) is 2.35. The SMILES string of the molecule is C=C1CCNC/C1=C/C=C\C. The van der Waals surface area contributed by atoms with E-state index in [4.69, 9.17) is 0 Å². The Hall–Kier alpha value is -0.820. The zero-order valence-electron chi connectivity index (χ0n) is 7.06. The third-order valence-electron chi connectivity index (χ3n) is 1.86. The molecule has 1 rings (SSSR count). The molecule has 1 nitrogen and oxygen atoms in total. The summed E-state index contributed by atoms with van der Waals surface area (Å²) in [7, 11) is 0. The van der Waals surface area contributed by atoms with Crippen molar-refractivity contribution in [2.75, 3.05) is 13.1 Å². The Bertz CT molecular complexity index is 199. The predicted octanol–water partition coefficient (Wildman–Crippen LogP) is 2.04. The molecule has 0 amide bonds. The van der Waals surface area contributed by atoms with Gasteiger partial charge in [0.15, 0.2) is 0 Å². The number of hydrogen-bond acceptors (Lipinski definition) is 1. The number of allylic oxidation sites excluding steroid dienone is 3. The van der Waals surface area contributed by atoms with Crippen molar-refractivity contribution < 1.29 is 0 Å². The van der Waals surface area contributed by atoms with E-state index >= 15 is 0 Å². The summed E-state index contributed by atoms with van der Waals surface area (Å²) in [6.07, 6.45) is 7.32. The van der Waals surface area contributed by atoms with Gasteiger partial charge in [-0.2, -0.15) is 0 Å². The molecule has 1 aliphatic rings. The average molecular weight is 149 g/mol. The lowest BCUT2D eigenvalue weighted by molar-refractivity contribution is 0.684. The number of piperidine rings is 1. The van der Waals surface area contributed by atoms with Crippen molar-refractivity contribution >= 4 is 0 Å². The highest BCUT2D eigenvalue weighted by molar-refractivity contribution is 5.34. The lowest BCUT2D eigenvalue weighted by Crippen LogP contribution is -2.25. The molecule has 1 N–H and O–H groups in total. The van der Waals surface area contributed by atoms with Crippen LogP contribution in [0.4, 0.5) is 0 Å². The van der Waals surface area contributed by atoms with Gasteiger partial charge in [0, 0.05) is 6.54 Å². The Morgan fingerprint density at radius 1 is 1.55 bits per heavy atom. The number of nitrogens with one attached hydrogen (secondary N) is 1. The van der Waals surface area contributed by atoms with Crippen molar-refractivity contribution in [2.45, 2.75) is 13.3 Å². The highest BCUT2D eigenvalue weighted by atomic mass is 14.9. The average Bonchev–Trinajstić information content (AvgIpc) is 2.03. The van der Waals surface area contributed by atoms with E-state index in [-0.39, 0.29) is 0 Å². The predicted molar refractivity (Wildman–Crippen MR) is 49.5 cm³/mol. The van der Waals surface area contributed by atoms with Gasteiger partial charge in [0.05, 0.1) is 0 Å². The minimum absolute atomic E-state index is 0.975. The minimum Gasteiger partial charge on any atom is -0.312 e. The molecule has 0 bridgehead atoms. The van der Waals surface area contributed by atoms with E-state index in [0.717, 1.165) is 19.5 Å². The van der Waals surface area contributed by atoms with Gasteiger partial charge in [0.1, 0.15) is 0 Å². The molecule has 0 unspecified atom stereocenters. The fourth-order valence-electron chi connectivity index (χ4n) is 1.14. The fourth-order valence-corrected chi connectivity index (χ4v) is 1.14. The van der Waals surface area contributed by atoms with Crippen LogP contribution in [0.25, 0.3) is 0 Å². The second-order valence-electron chi connectivity index (χ2n) is 2.75. The summed E-state index contributed by atoms with van der Waals surface area (Å²) in [5, 5.41) is 3.31. The maximum atomic E-state index is 4.01. The van der Waals surface area contributed by atoms with Crippen LogP contribution in [-0.2, 0) is 0 Å². The van der Waals surface area contributed by atoms with Gasteiger partial charge in [-0.05, 0) is 31.0 Å². The highest BCUT2D eigenvalue weighted by Gasteiger charge is 2.06. The van der Waals surface area contributed by atoms with Crippen LogP contribution >= 0.6 is 0 Å². The maximum Gasteiger partial charge on any atom is 0.0208 e. The van der Waals surface area contributed by atoms with Crippen LogP contribution in [0.1, 0.15) is 13.3 Å². The third-order valence-corrected chi connectivity index (χ3v) is 1.86. The van der Waals surface area contributed by atoms with Gasteiger partial charge in [-0.25, -0.2) is 0 Å². The first kappa shape index (κ1) is 8.28. The van der Waals surface area contributed by atoms with Gasteiger partial charge >= 0.3 is 0 Å². The van der Waals surface area contributed by atoms with Gasteiger partial charge < -0.3 is 5.32 Å². The molecular weight excluding hydrogens is 134 g/mol. The topological polar surface area (TPSA) is 12.0 Å². The molecule has 0 aromatic carbocycles. The molecule has 1 fully saturated rings. The fraction of sp³-hybridized carbons (Fsp3) is 0.400. The van der Waals surface area contributed by atoms with E-state index < -0.39 is 0 Å². The molecule has 11 heavy (non-hydrogen) atoms. The lowest BCUT2D eigenvalue weighted by Gasteiger charge is -2.17. The normalized spacial score (nSPS) is 23.4. The summed E-state index contributed by atoms with van der Waals surface area (Å²) >= 11 is 0. The monoisotopic (exact) mass is 149 g/mol. The summed E-state index contributed by atoms with van der Waals surface area (Å²) in [5.74, 6) is 0. The number of rotatable bonds is 1. The van der Waals surface area contributed by atoms with Crippen molar-refractivity contribution in [3.63, 3.8) is 0 Å². The van der Waals surface area contributed by atoms with Gasteiger partial charge in [0.25, 0.3) is 0 Å². The summed E-state index contributed by atoms with van der Waals surface area (Å²) < 4.78 is 0. The summed E-state index contributed by atoms with van der Waals surface area (Å²) in [4.78, 5) is 0. The molecule has 0 saturated carbocycles. The molecule has 1 saturated heterocycles. The van der Waals surface area contributed by atoms with Crippen LogP contribution in [0.15, 0.2) is 36.0 Å². The van der Waals surface area contributed by atoms with Crippen LogP contribution in [0.5, 0.6) is 0 Å². The summed E-state index contributed by atoms with van der Waals surface area (Å²) in [6.45, 7) is 8.08. The molecule has 1 heteroatoms. The van der Waals surface area contributed by atoms with Crippen molar-refractivity contribution in [1.82, 2.24) is 5.32 Å². The first-order valence-corrected chi connectivity index (χ1v) is 4.05. The van der Waals surface area contributed by atoms with Crippen LogP contribution in [0.2, 0.25) is 0 Å². The second-order valence-corrected chi connectivity index (χ2v) is 2.75. The smallest absolute Gasteiger partial charge is 0.0208 e. The zero-order chi connectivity index (χ0) is 8.10. The Morgan fingerprint density at radius 2 is 2.36 bits per heavy atom. The summed E-state index contributed by atoms with van der Waals surface area (Å²) in [6, 6.07) is 0. The van der Waals surface area contributed by atoms with Crippen LogP contribution in [0, 0.1) is 0 Å². The molecule has 1 heterocycles. The minimum atomic E-state index is 0.975. The van der Waals surface area contributed by atoms with Crippen molar-refractivity contribution in [1.29, 1.82) is 0 Å². The molecule has 0 radical (unpaired) electrons. The van der Waals surface area contributed by atoms with E-state index in [2.05, 4.69) is 24.0 Å². The van der Waals surface area contributed by atoms with Gasteiger partial charge in [-0.15, -0.1) is 0 Å². The van der Waals surface area contributed by atoms with Crippen molar-refractivity contribution in [3.05, 3.63) is 36.0 Å². The molecule has 60 valence electrons. The van der Waals surface area contributed by atoms with Crippen LogP contribution in [0.3, 0.4) is 0 Å². The summed E-state index contributed by atoms with van der Waals surface area (Å²) in [5.41, 5.74) is 2.62. The van der Waals surface area contributed by atoms with E-state index in [1.165, 1.54) is 11.1 Å². The van der Waals surface area contributed by atoms with E-state index in [1.807, 2.05) is 13.0 Å². The molecular formula is C10H15N. The Morgan fingerprint density at radius 3 is 3.00 bits per heavy atom. The zero-order valence-corrected chi connectivity index (χ0v) is 7.06. The first-order valence-electron chi connectivity index (χ1n) is 4.05. The Kier molecular flexibility index (Phi) is 3.12. The molecule has 0 aromatic heterocycles. The van der Waals surface area contributed by atoms with E-state index in [1.54, 1.807) is 0 Å². The van der Waals surface area contributed by atoms with Gasteiger partial charge in [0.2, 0.25) is 0 Å². The Balaban J connectivity index is 2.61. The molecule has 0 aromatic rings. The molecule has 0 aliphatic carbocycles. The highest BCUT2D eigenvalue weighted by Crippen LogP contribution is 2.14. The van der Waals surface area contributed by atoms with E-state index in [9.17, 15) is 0 Å². The number of hydrogen-bond donors (Lipinski definition) is 1. The second kappa shape index (κ2) is 4.14. The largest absolute Gasteiger partial charge is 0.312 e. The van der Waals surface area contributed by atoms with Crippen LogP contribution in [-0.4, -0.2) is 13.1 Å². The molecule has 0 atom stereocenters. The quantitative estimate of drug-likeness (QED) is 0.601. The maximum absolute atomic E-state index is 4.01. The first-order chi connectivity index (χ1) is 5.34. The molecule has 1 aliphatic heterocycles. The van der Waals surface area contributed by atoms with Gasteiger partial charge in [-0.1, -0.05) is 24.8 Å². The van der Waals surface area contributed by atoms with Crippen molar-refractivity contribution in [2.24, 2.45) is 0 Å². The standard InChI is InChI=1S/C10H15N/c1-3-4-5-10-8-11-7-6-9(10)2/h3-5,11H,2,6-8H2,1H3/b4-3-,10-5-. The Labute approximate surface area is 68.5 Å². The van der Waals surface area contributed by atoms with Gasteiger partial charge in [-0.3, -0.25) is 0 Å². The van der Waals surface area contributed by atoms with Crippen molar-refractivity contribution in [3.8, 4) is 0 Å².